The van der Waals surface area contributed by atoms with E-state index in [4.69, 9.17) is 9.47 Å². The van der Waals surface area contributed by atoms with E-state index in [0.717, 1.165) is 28.6 Å². The Morgan fingerprint density at radius 3 is 2.80 bits per heavy atom. The van der Waals surface area contributed by atoms with E-state index in [9.17, 15) is 4.79 Å². The van der Waals surface area contributed by atoms with Crippen LogP contribution in [0.15, 0.2) is 48.5 Å². The van der Waals surface area contributed by atoms with Crippen LogP contribution in [0.3, 0.4) is 0 Å². The third kappa shape index (κ3) is 5.29. The van der Waals surface area contributed by atoms with Crippen LogP contribution in [0.5, 0.6) is 11.5 Å². The molecule has 0 spiro atoms. The fraction of sp³-hybridized carbons (Fsp3) is 0.250. The van der Waals surface area contributed by atoms with Crippen LogP contribution < -0.4 is 14.8 Å². The van der Waals surface area contributed by atoms with Crippen molar-refractivity contribution < 1.29 is 14.3 Å². The minimum absolute atomic E-state index is 0.0893. The molecule has 0 aliphatic carbocycles. The maximum Gasteiger partial charge on any atom is 0.244 e. The van der Waals surface area contributed by atoms with Crippen molar-refractivity contribution in [2.75, 3.05) is 19.1 Å². The lowest BCUT2D eigenvalue weighted by Crippen LogP contribution is -2.23. The average molecular weight is 355 g/mol. The van der Waals surface area contributed by atoms with Gasteiger partial charge in [0.15, 0.2) is 11.5 Å². The van der Waals surface area contributed by atoms with Gasteiger partial charge in [0.05, 0.1) is 0 Å². The number of thioether (sulfide) groups is 1. The summed E-state index contributed by atoms with van der Waals surface area (Å²) in [6.07, 6.45) is 3.32. The quantitative estimate of drug-likeness (QED) is 0.606. The molecule has 0 unspecified atom stereocenters. The van der Waals surface area contributed by atoms with Crippen LogP contribution in [-0.4, -0.2) is 25.0 Å². The first-order valence-corrected chi connectivity index (χ1v) is 9.35. The summed E-state index contributed by atoms with van der Waals surface area (Å²) in [5, 5.41) is 2.90. The Bertz CT molecular complexity index is 756. The van der Waals surface area contributed by atoms with E-state index in [0.29, 0.717) is 6.54 Å². The van der Waals surface area contributed by atoms with Crippen molar-refractivity contribution in [2.24, 2.45) is 0 Å². The number of carbonyl (C=O) groups excluding carboxylic acids is 1. The van der Waals surface area contributed by atoms with Crippen LogP contribution >= 0.6 is 11.8 Å². The summed E-state index contributed by atoms with van der Waals surface area (Å²) in [7, 11) is 0. The van der Waals surface area contributed by atoms with Crippen LogP contribution in [0.2, 0.25) is 0 Å². The molecule has 2 aromatic carbocycles. The first-order valence-electron chi connectivity index (χ1n) is 8.19. The van der Waals surface area contributed by atoms with Crippen molar-refractivity contribution in [3.63, 3.8) is 0 Å². The summed E-state index contributed by atoms with van der Waals surface area (Å²) in [6, 6.07) is 14.2. The zero-order valence-corrected chi connectivity index (χ0v) is 15.0. The van der Waals surface area contributed by atoms with Gasteiger partial charge in [-0.15, -0.1) is 0 Å². The van der Waals surface area contributed by atoms with Gasteiger partial charge < -0.3 is 14.8 Å². The van der Waals surface area contributed by atoms with E-state index in [1.54, 1.807) is 12.2 Å². The van der Waals surface area contributed by atoms with Gasteiger partial charge in [0.1, 0.15) is 0 Å². The van der Waals surface area contributed by atoms with Crippen LogP contribution in [0.25, 0.3) is 6.08 Å². The maximum absolute atomic E-state index is 11.9. The fourth-order valence-electron chi connectivity index (χ4n) is 2.37. The number of aryl methyl sites for hydroxylation is 1. The highest BCUT2D eigenvalue weighted by molar-refractivity contribution is 7.98. The molecule has 2 aromatic rings. The molecule has 1 amide bonds. The minimum Gasteiger partial charge on any atom is -0.454 e. The van der Waals surface area contributed by atoms with Gasteiger partial charge in [-0.1, -0.05) is 35.9 Å². The number of benzene rings is 2. The van der Waals surface area contributed by atoms with Gasteiger partial charge in [-0.05, 0) is 36.3 Å². The van der Waals surface area contributed by atoms with E-state index in [2.05, 4.69) is 36.5 Å². The Morgan fingerprint density at radius 2 is 1.96 bits per heavy atom. The number of amides is 1. The van der Waals surface area contributed by atoms with Gasteiger partial charge in [0.25, 0.3) is 0 Å². The molecule has 130 valence electrons. The second-order valence-electron chi connectivity index (χ2n) is 5.78. The monoisotopic (exact) mass is 355 g/mol. The maximum atomic E-state index is 11.9. The number of hydrogen-bond donors (Lipinski definition) is 1. The van der Waals surface area contributed by atoms with Crippen LogP contribution in [0, 0.1) is 6.92 Å². The average Bonchev–Trinajstić information content (AvgIpc) is 3.09. The van der Waals surface area contributed by atoms with E-state index in [1.165, 1.54) is 11.1 Å². The lowest BCUT2D eigenvalue weighted by atomic mass is 10.2. The first kappa shape index (κ1) is 17.4. The topological polar surface area (TPSA) is 47.6 Å². The lowest BCUT2D eigenvalue weighted by molar-refractivity contribution is -0.116. The van der Waals surface area contributed by atoms with E-state index >= 15 is 0 Å². The van der Waals surface area contributed by atoms with E-state index < -0.39 is 0 Å². The number of nitrogens with one attached hydrogen (secondary N) is 1. The highest BCUT2D eigenvalue weighted by Gasteiger charge is 2.12. The standard InChI is InChI=1S/C20H21NO3S/c1-15-2-4-17(5-3-15)13-25-11-10-21-20(22)9-7-16-6-8-18-19(12-16)24-14-23-18/h2-9,12H,10-11,13-14H2,1H3,(H,21,22)/b9-7+. The summed E-state index contributed by atoms with van der Waals surface area (Å²) in [5.41, 5.74) is 3.49. The van der Waals surface area contributed by atoms with Crippen molar-refractivity contribution in [2.45, 2.75) is 12.7 Å². The molecule has 0 atom stereocenters. The summed E-state index contributed by atoms with van der Waals surface area (Å²) in [5.74, 6) is 3.22. The molecular weight excluding hydrogens is 334 g/mol. The molecule has 5 heteroatoms. The molecule has 1 heterocycles. The Hall–Kier alpha value is -2.40. The zero-order valence-electron chi connectivity index (χ0n) is 14.2. The third-order valence-corrected chi connectivity index (χ3v) is 4.79. The fourth-order valence-corrected chi connectivity index (χ4v) is 3.19. The molecule has 25 heavy (non-hydrogen) atoms. The molecule has 4 nitrogen and oxygen atoms in total. The number of hydrogen-bond acceptors (Lipinski definition) is 4. The minimum atomic E-state index is -0.0893. The normalized spacial score (nSPS) is 12.5. The Morgan fingerprint density at radius 1 is 1.16 bits per heavy atom. The number of carbonyl (C=O) groups is 1. The van der Waals surface area contributed by atoms with Crippen molar-refractivity contribution in [3.05, 3.63) is 65.2 Å². The molecular formula is C20H21NO3S. The van der Waals surface area contributed by atoms with Gasteiger partial charge in [0, 0.05) is 24.1 Å². The van der Waals surface area contributed by atoms with Crippen molar-refractivity contribution >= 4 is 23.7 Å². The van der Waals surface area contributed by atoms with Crippen molar-refractivity contribution in [1.29, 1.82) is 0 Å². The van der Waals surface area contributed by atoms with E-state index in [-0.39, 0.29) is 12.7 Å². The highest BCUT2D eigenvalue weighted by Crippen LogP contribution is 2.32. The van der Waals surface area contributed by atoms with Gasteiger partial charge in [0.2, 0.25) is 12.7 Å². The van der Waals surface area contributed by atoms with Gasteiger partial charge in [-0.25, -0.2) is 0 Å². The van der Waals surface area contributed by atoms with Gasteiger partial charge in [-0.2, -0.15) is 11.8 Å². The summed E-state index contributed by atoms with van der Waals surface area (Å²) in [6.45, 7) is 2.99. The Balaban J connectivity index is 1.36. The summed E-state index contributed by atoms with van der Waals surface area (Å²) in [4.78, 5) is 11.9. The number of ether oxygens (including phenoxy) is 2. The van der Waals surface area contributed by atoms with Crippen molar-refractivity contribution in [1.82, 2.24) is 5.32 Å². The second kappa shape index (κ2) is 8.62. The highest BCUT2D eigenvalue weighted by atomic mass is 32.2. The predicted octanol–water partition coefficient (Wildman–Crippen LogP) is 3.79. The molecule has 0 saturated carbocycles. The number of rotatable bonds is 7. The molecule has 0 aromatic heterocycles. The smallest absolute Gasteiger partial charge is 0.244 e. The SMILES string of the molecule is Cc1ccc(CSCCNC(=O)/C=C/c2ccc3c(c2)OCO3)cc1. The van der Waals surface area contributed by atoms with Gasteiger partial charge >= 0.3 is 0 Å². The Labute approximate surface area is 152 Å². The number of fused-ring (bicyclic) bond motifs is 1. The lowest BCUT2D eigenvalue weighted by Gasteiger charge is -2.04. The van der Waals surface area contributed by atoms with Gasteiger partial charge in [-0.3, -0.25) is 4.79 Å². The molecule has 1 aliphatic heterocycles. The largest absolute Gasteiger partial charge is 0.454 e. The third-order valence-electron chi connectivity index (χ3n) is 3.76. The molecule has 1 N–H and O–H groups in total. The Kier molecular flexibility index (Phi) is 6.01. The van der Waals surface area contributed by atoms with Crippen LogP contribution in [-0.2, 0) is 10.5 Å². The van der Waals surface area contributed by atoms with E-state index in [1.807, 2.05) is 30.0 Å². The molecule has 0 saturated heterocycles. The predicted molar refractivity (Wildman–Crippen MR) is 102 cm³/mol. The van der Waals surface area contributed by atoms with Crippen LogP contribution in [0.4, 0.5) is 0 Å². The first-order chi connectivity index (χ1) is 12.2. The van der Waals surface area contributed by atoms with Crippen LogP contribution in [0.1, 0.15) is 16.7 Å². The molecule has 0 radical (unpaired) electrons. The summed E-state index contributed by atoms with van der Waals surface area (Å²) < 4.78 is 10.6. The molecule has 1 aliphatic rings. The summed E-state index contributed by atoms with van der Waals surface area (Å²) >= 11 is 1.81. The molecule has 0 fully saturated rings. The van der Waals surface area contributed by atoms with Crippen molar-refractivity contribution in [3.8, 4) is 11.5 Å². The molecule has 0 bridgehead atoms. The molecule has 3 rings (SSSR count). The second-order valence-corrected chi connectivity index (χ2v) is 6.88. The zero-order chi connectivity index (χ0) is 17.5.